The molecule has 0 saturated heterocycles. The maximum atomic E-state index is 13.0. The lowest BCUT2D eigenvalue weighted by atomic mass is 10.3. The highest BCUT2D eigenvalue weighted by Gasteiger charge is 2.22. The SMILES string of the molecule is CC(C)N(C)S(=O)(=O)Nc1ccc(F)cc1OC(F)F. The molecule has 1 rings (SSSR count). The summed E-state index contributed by atoms with van der Waals surface area (Å²) in [6.45, 7) is 0.0869. The van der Waals surface area contributed by atoms with Gasteiger partial charge in [0, 0.05) is 19.2 Å². The average Bonchev–Trinajstić information content (AvgIpc) is 2.30. The van der Waals surface area contributed by atoms with Crippen molar-refractivity contribution >= 4 is 15.9 Å². The van der Waals surface area contributed by atoms with Gasteiger partial charge in [-0.25, -0.2) is 4.39 Å². The van der Waals surface area contributed by atoms with Gasteiger partial charge in [-0.05, 0) is 26.0 Å². The van der Waals surface area contributed by atoms with Gasteiger partial charge in [0.25, 0.3) is 0 Å². The second-order valence-electron chi connectivity index (χ2n) is 4.24. The van der Waals surface area contributed by atoms with Gasteiger partial charge in [-0.1, -0.05) is 0 Å². The van der Waals surface area contributed by atoms with Crippen molar-refractivity contribution in [1.29, 1.82) is 0 Å². The molecular formula is C11H15F3N2O3S. The molecule has 0 fully saturated rings. The molecule has 0 bridgehead atoms. The van der Waals surface area contributed by atoms with Crippen LogP contribution in [0.25, 0.3) is 0 Å². The summed E-state index contributed by atoms with van der Waals surface area (Å²) in [5, 5.41) is 0. The Hall–Kier alpha value is -1.48. The Bertz CT molecular complexity index is 564. The smallest absolute Gasteiger partial charge is 0.387 e. The highest BCUT2D eigenvalue weighted by Crippen LogP contribution is 2.28. The summed E-state index contributed by atoms with van der Waals surface area (Å²) in [5.41, 5.74) is -0.265. The lowest BCUT2D eigenvalue weighted by Gasteiger charge is -2.22. The second-order valence-corrected chi connectivity index (χ2v) is 5.97. The minimum atomic E-state index is -3.95. The predicted molar refractivity (Wildman–Crippen MR) is 68.5 cm³/mol. The predicted octanol–water partition coefficient (Wildman–Crippen LogP) is 2.42. The molecule has 0 heterocycles. The highest BCUT2D eigenvalue weighted by atomic mass is 32.2. The van der Waals surface area contributed by atoms with Crippen LogP contribution in [0.15, 0.2) is 18.2 Å². The van der Waals surface area contributed by atoms with Gasteiger partial charge in [0.1, 0.15) is 5.82 Å². The van der Waals surface area contributed by atoms with Gasteiger partial charge in [0.15, 0.2) is 5.75 Å². The number of hydrogen-bond donors (Lipinski definition) is 1. The standard InChI is InChI=1S/C11H15F3N2O3S/c1-7(2)16(3)20(17,18)15-9-5-4-8(12)6-10(9)19-11(13)14/h4-7,11,15H,1-3H3. The summed E-state index contributed by atoms with van der Waals surface area (Å²) in [6.07, 6.45) is 0. The van der Waals surface area contributed by atoms with E-state index in [2.05, 4.69) is 9.46 Å². The summed E-state index contributed by atoms with van der Waals surface area (Å²) in [6, 6.07) is 2.29. The zero-order valence-electron chi connectivity index (χ0n) is 11.1. The Labute approximate surface area is 115 Å². The van der Waals surface area contributed by atoms with Crippen molar-refractivity contribution in [3.63, 3.8) is 0 Å². The van der Waals surface area contributed by atoms with E-state index in [0.717, 1.165) is 16.4 Å². The molecule has 0 aliphatic rings. The zero-order valence-corrected chi connectivity index (χ0v) is 11.9. The molecule has 0 atom stereocenters. The van der Waals surface area contributed by atoms with Crippen molar-refractivity contribution in [1.82, 2.24) is 4.31 Å². The first-order valence-electron chi connectivity index (χ1n) is 5.63. The number of anilines is 1. The Morgan fingerprint density at radius 3 is 2.40 bits per heavy atom. The van der Waals surface area contributed by atoms with E-state index >= 15 is 0 Å². The van der Waals surface area contributed by atoms with Gasteiger partial charge in [-0.15, -0.1) is 0 Å². The lowest BCUT2D eigenvalue weighted by Crippen LogP contribution is -2.37. The van der Waals surface area contributed by atoms with Crippen LogP contribution in [0.3, 0.4) is 0 Å². The van der Waals surface area contributed by atoms with Gasteiger partial charge in [0.2, 0.25) is 0 Å². The molecule has 0 unspecified atom stereocenters. The number of benzene rings is 1. The molecule has 0 saturated carbocycles. The van der Waals surface area contributed by atoms with Gasteiger partial charge in [-0.2, -0.15) is 21.5 Å². The summed E-state index contributed by atoms with van der Waals surface area (Å²) >= 11 is 0. The van der Waals surface area contributed by atoms with E-state index in [4.69, 9.17) is 0 Å². The van der Waals surface area contributed by atoms with Crippen LogP contribution in [-0.4, -0.2) is 32.4 Å². The molecule has 20 heavy (non-hydrogen) atoms. The Balaban J connectivity index is 3.08. The second kappa shape index (κ2) is 6.31. The fraction of sp³-hybridized carbons (Fsp3) is 0.455. The molecule has 114 valence electrons. The monoisotopic (exact) mass is 312 g/mol. The number of rotatable bonds is 6. The minimum absolute atomic E-state index is 0.265. The van der Waals surface area contributed by atoms with E-state index in [9.17, 15) is 21.6 Å². The van der Waals surface area contributed by atoms with E-state index in [1.807, 2.05) is 0 Å². The van der Waals surface area contributed by atoms with E-state index < -0.39 is 28.4 Å². The largest absolute Gasteiger partial charge is 0.432 e. The van der Waals surface area contributed by atoms with E-state index in [1.54, 1.807) is 13.8 Å². The Kier molecular flexibility index (Phi) is 5.23. The number of alkyl halides is 2. The maximum Gasteiger partial charge on any atom is 0.387 e. The molecule has 9 heteroatoms. The molecule has 1 aromatic rings. The van der Waals surface area contributed by atoms with Crippen LogP contribution < -0.4 is 9.46 Å². The van der Waals surface area contributed by atoms with E-state index in [1.165, 1.54) is 7.05 Å². The van der Waals surface area contributed by atoms with Crippen molar-refractivity contribution < 1.29 is 26.3 Å². The first-order valence-corrected chi connectivity index (χ1v) is 7.07. The van der Waals surface area contributed by atoms with Crippen molar-refractivity contribution in [2.45, 2.75) is 26.5 Å². The van der Waals surface area contributed by atoms with Gasteiger partial charge in [0.05, 0.1) is 5.69 Å². The van der Waals surface area contributed by atoms with Crippen LogP contribution in [0.4, 0.5) is 18.9 Å². The average molecular weight is 312 g/mol. The molecule has 1 aromatic carbocycles. The third-order valence-corrected chi connectivity index (χ3v) is 4.16. The van der Waals surface area contributed by atoms with Crippen LogP contribution >= 0.6 is 0 Å². The van der Waals surface area contributed by atoms with Gasteiger partial charge in [-0.3, -0.25) is 4.72 Å². The molecular weight excluding hydrogens is 297 g/mol. The summed E-state index contributed by atoms with van der Waals surface area (Å²) in [5.74, 6) is -1.40. The number of hydrogen-bond acceptors (Lipinski definition) is 3. The third kappa shape index (κ3) is 4.27. The van der Waals surface area contributed by atoms with E-state index in [0.29, 0.717) is 6.07 Å². The van der Waals surface area contributed by atoms with Crippen molar-refractivity contribution in [2.24, 2.45) is 0 Å². The summed E-state index contributed by atoms with van der Waals surface area (Å²) in [4.78, 5) is 0. The third-order valence-electron chi connectivity index (χ3n) is 2.50. The molecule has 1 N–H and O–H groups in total. The van der Waals surface area contributed by atoms with Crippen molar-refractivity contribution in [2.75, 3.05) is 11.8 Å². The lowest BCUT2D eigenvalue weighted by molar-refractivity contribution is -0.0494. The fourth-order valence-electron chi connectivity index (χ4n) is 1.26. The van der Waals surface area contributed by atoms with Crippen molar-refractivity contribution in [3.05, 3.63) is 24.0 Å². The zero-order chi connectivity index (χ0) is 15.5. The number of nitrogens with zero attached hydrogens (tertiary/aromatic N) is 1. The molecule has 0 radical (unpaired) electrons. The van der Waals surface area contributed by atoms with Crippen molar-refractivity contribution in [3.8, 4) is 5.75 Å². The maximum absolute atomic E-state index is 13.0. The molecule has 5 nitrogen and oxygen atoms in total. The first kappa shape index (κ1) is 16.6. The molecule has 0 aromatic heterocycles. The van der Waals surface area contributed by atoms with Crippen LogP contribution in [0.2, 0.25) is 0 Å². The van der Waals surface area contributed by atoms with Crippen LogP contribution in [-0.2, 0) is 10.2 Å². The molecule has 0 amide bonds. The number of halogens is 3. The van der Waals surface area contributed by atoms with Gasteiger partial charge < -0.3 is 4.74 Å². The number of ether oxygens (including phenoxy) is 1. The Morgan fingerprint density at radius 1 is 1.30 bits per heavy atom. The quantitative estimate of drug-likeness (QED) is 0.877. The fourth-order valence-corrected chi connectivity index (χ4v) is 2.41. The molecule has 0 aliphatic heterocycles. The van der Waals surface area contributed by atoms with Gasteiger partial charge >= 0.3 is 16.8 Å². The van der Waals surface area contributed by atoms with Crippen LogP contribution in [0.1, 0.15) is 13.8 Å². The van der Waals surface area contributed by atoms with Crippen LogP contribution in [0, 0.1) is 5.82 Å². The first-order chi connectivity index (χ1) is 9.13. The topological polar surface area (TPSA) is 58.6 Å². The van der Waals surface area contributed by atoms with E-state index in [-0.39, 0.29) is 11.7 Å². The number of nitrogens with one attached hydrogen (secondary N) is 1. The summed E-state index contributed by atoms with van der Waals surface area (Å²) in [7, 11) is -2.62. The normalized spacial score (nSPS) is 12.2. The van der Waals surface area contributed by atoms with Crippen LogP contribution in [0.5, 0.6) is 5.75 Å². The molecule has 0 spiro atoms. The summed E-state index contributed by atoms with van der Waals surface area (Å²) < 4.78 is 68.5. The minimum Gasteiger partial charge on any atom is -0.432 e. The highest BCUT2D eigenvalue weighted by molar-refractivity contribution is 7.90. The Morgan fingerprint density at radius 2 is 1.90 bits per heavy atom. The molecule has 0 aliphatic carbocycles.